The fourth-order valence-electron chi connectivity index (χ4n) is 4.01. The summed E-state index contributed by atoms with van der Waals surface area (Å²) >= 11 is 0. The van der Waals surface area contributed by atoms with Crippen molar-refractivity contribution in [2.45, 2.75) is 33.2 Å². The van der Waals surface area contributed by atoms with Crippen molar-refractivity contribution in [3.05, 3.63) is 77.0 Å². The van der Waals surface area contributed by atoms with Gasteiger partial charge in [-0.05, 0) is 42.3 Å². The number of methoxy groups -OCH3 is 2. The largest absolute Gasteiger partial charge is 0.497 e. The van der Waals surface area contributed by atoms with Gasteiger partial charge in [-0.3, -0.25) is 4.79 Å². The number of pyridine rings is 1. The number of hydrogen-bond donors (Lipinski definition) is 1. The van der Waals surface area contributed by atoms with Crippen LogP contribution in [0.5, 0.6) is 11.5 Å². The molecule has 4 rings (SSSR count). The first-order valence-electron chi connectivity index (χ1n) is 11.6. The molecule has 0 atom stereocenters. The summed E-state index contributed by atoms with van der Waals surface area (Å²) in [4.78, 5) is 30.9. The summed E-state index contributed by atoms with van der Waals surface area (Å²) in [6.45, 7) is 3.60. The standard InChI is InChI=1S/C27H29N3O6/c1-4-36-27(32)26(31)29-24-13-28-25(23-17-35-16-22(23)24)30(14-18-5-9-20(33-2)10-6-18)15-19-7-11-21(34-3)12-8-19/h5-13H,4,14-17H2,1-3H3,(H,29,31). The minimum atomic E-state index is -0.935. The summed E-state index contributed by atoms with van der Waals surface area (Å²) in [6, 6.07) is 15.8. The van der Waals surface area contributed by atoms with E-state index in [4.69, 9.17) is 23.9 Å². The number of benzene rings is 2. The first-order chi connectivity index (χ1) is 17.5. The second kappa shape index (κ2) is 11.5. The van der Waals surface area contributed by atoms with Gasteiger partial charge in [-0.1, -0.05) is 24.3 Å². The molecule has 36 heavy (non-hydrogen) atoms. The number of carbonyl (C=O) groups excluding carboxylic acids is 2. The lowest BCUT2D eigenvalue weighted by Gasteiger charge is -2.27. The second-order valence-electron chi connectivity index (χ2n) is 8.17. The van der Waals surface area contributed by atoms with Crippen LogP contribution in [-0.4, -0.2) is 37.7 Å². The zero-order chi connectivity index (χ0) is 25.5. The molecule has 2 aromatic carbocycles. The Morgan fingerprint density at radius 1 is 0.917 bits per heavy atom. The Labute approximate surface area is 209 Å². The quantitative estimate of drug-likeness (QED) is 0.356. The van der Waals surface area contributed by atoms with Crippen LogP contribution in [0.3, 0.4) is 0 Å². The van der Waals surface area contributed by atoms with Crippen molar-refractivity contribution in [2.75, 3.05) is 31.0 Å². The van der Waals surface area contributed by atoms with Crippen LogP contribution in [-0.2, 0) is 45.4 Å². The minimum Gasteiger partial charge on any atom is -0.497 e. The van der Waals surface area contributed by atoms with Gasteiger partial charge in [-0.2, -0.15) is 0 Å². The second-order valence-corrected chi connectivity index (χ2v) is 8.17. The molecule has 1 aromatic heterocycles. The number of esters is 1. The van der Waals surface area contributed by atoms with E-state index >= 15 is 0 Å². The molecule has 9 nitrogen and oxygen atoms in total. The van der Waals surface area contributed by atoms with E-state index in [1.165, 1.54) is 0 Å². The molecule has 0 aliphatic carbocycles. The molecule has 1 amide bonds. The number of ether oxygens (including phenoxy) is 4. The Morgan fingerprint density at radius 3 is 2.00 bits per heavy atom. The highest BCUT2D eigenvalue weighted by molar-refractivity contribution is 6.37. The molecule has 1 aliphatic heterocycles. The maximum Gasteiger partial charge on any atom is 0.397 e. The number of carbonyl (C=O) groups is 2. The normalized spacial score (nSPS) is 12.0. The molecule has 2 heterocycles. The molecular formula is C27H29N3O6. The van der Waals surface area contributed by atoms with Crippen molar-refractivity contribution in [2.24, 2.45) is 0 Å². The van der Waals surface area contributed by atoms with Crippen molar-refractivity contribution in [3.8, 4) is 11.5 Å². The molecule has 3 aromatic rings. The van der Waals surface area contributed by atoms with Crippen molar-refractivity contribution in [3.63, 3.8) is 0 Å². The lowest BCUT2D eigenvalue weighted by atomic mass is 10.1. The maximum absolute atomic E-state index is 12.2. The number of nitrogens with one attached hydrogen (secondary N) is 1. The van der Waals surface area contributed by atoms with Crippen molar-refractivity contribution >= 4 is 23.4 Å². The van der Waals surface area contributed by atoms with Gasteiger partial charge in [0.15, 0.2) is 0 Å². The zero-order valence-corrected chi connectivity index (χ0v) is 20.6. The highest BCUT2D eigenvalue weighted by Gasteiger charge is 2.26. The maximum atomic E-state index is 12.2. The summed E-state index contributed by atoms with van der Waals surface area (Å²) in [7, 11) is 3.28. The van der Waals surface area contributed by atoms with Gasteiger partial charge in [0.05, 0.1) is 45.9 Å². The van der Waals surface area contributed by atoms with E-state index in [-0.39, 0.29) is 6.61 Å². The van der Waals surface area contributed by atoms with Crippen molar-refractivity contribution < 1.29 is 28.5 Å². The first-order valence-corrected chi connectivity index (χ1v) is 11.6. The molecular weight excluding hydrogens is 462 g/mol. The number of nitrogens with zero attached hydrogens (tertiary/aromatic N) is 2. The van der Waals surface area contributed by atoms with Crippen molar-refractivity contribution in [1.82, 2.24) is 4.98 Å². The van der Waals surface area contributed by atoms with Gasteiger partial charge < -0.3 is 29.2 Å². The van der Waals surface area contributed by atoms with Gasteiger partial charge in [0.1, 0.15) is 17.3 Å². The SMILES string of the molecule is CCOC(=O)C(=O)Nc1cnc(N(Cc2ccc(OC)cc2)Cc2ccc(OC)cc2)c2c1COC2. The monoisotopic (exact) mass is 491 g/mol. The fourth-order valence-corrected chi connectivity index (χ4v) is 4.01. The van der Waals surface area contributed by atoms with Gasteiger partial charge >= 0.3 is 11.9 Å². The number of hydrogen-bond acceptors (Lipinski definition) is 8. The van der Waals surface area contributed by atoms with E-state index in [1.54, 1.807) is 27.3 Å². The number of fused-ring (bicyclic) bond motifs is 1. The van der Waals surface area contributed by atoms with Gasteiger partial charge in [-0.25, -0.2) is 9.78 Å². The molecule has 1 N–H and O–H groups in total. The molecule has 0 unspecified atom stereocenters. The average molecular weight is 492 g/mol. The van der Waals surface area contributed by atoms with E-state index in [2.05, 4.69) is 10.2 Å². The molecule has 1 aliphatic rings. The van der Waals surface area contributed by atoms with Crippen LogP contribution >= 0.6 is 0 Å². The lowest BCUT2D eigenvalue weighted by molar-refractivity contribution is -0.152. The van der Waals surface area contributed by atoms with E-state index in [9.17, 15) is 9.59 Å². The number of aromatic nitrogens is 1. The molecule has 188 valence electrons. The first kappa shape index (κ1) is 25.0. The van der Waals surface area contributed by atoms with Crippen LogP contribution in [0.1, 0.15) is 29.2 Å². The average Bonchev–Trinajstić information content (AvgIpc) is 3.40. The molecule has 0 bridgehead atoms. The minimum absolute atomic E-state index is 0.121. The number of anilines is 2. The summed E-state index contributed by atoms with van der Waals surface area (Å²) in [6.07, 6.45) is 1.56. The third-order valence-corrected chi connectivity index (χ3v) is 5.84. The van der Waals surface area contributed by atoms with Crippen LogP contribution in [0.15, 0.2) is 54.7 Å². The Bertz CT molecular complexity index is 1160. The smallest absolute Gasteiger partial charge is 0.397 e. The van der Waals surface area contributed by atoms with E-state index in [1.807, 2.05) is 48.5 Å². The van der Waals surface area contributed by atoms with Gasteiger partial charge in [0.25, 0.3) is 0 Å². The topological polar surface area (TPSA) is 99.2 Å². The lowest BCUT2D eigenvalue weighted by Crippen LogP contribution is -2.27. The molecule has 0 saturated carbocycles. The van der Waals surface area contributed by atoms with E-state index < -0.39 is 11.9 Å². The summed E-state index contributed by atoms with van der Waals surface area (Å²) in [5.41, 5.74) is 4.28. The summed E-state index contributed by atoms with van der Waals surface area (Å²) < 4.78 is 21.1. The third kappa shape index (κ3) is 5.75. The van der Waals surface area contributed by atoms with Crippen LogP contribution in [0, 0.1) is 0 Å². The van der Waals surface area contributed by atoms with E-state index in [0.29, 0.717) is 32.0 Å². The van der Waals surface area contributed by atoms with Crippen LogP contribution in [0.2, 0.25) is 0 Å². The molecule has 0 fully saturated rings. The molecule has 0 radical (unpaired) electrons. The number of amides is 1. The predicted molar refractivity (Wildman–Crippen MR) is 134 cm³/mol. The van der Waals surface area contributed by atoms with Crippen LogP contribution in [0.25, 0.3) is 0 Å². The predicted octanol–water partition coefficient (Wildman–Crippen LogP) is 3.84. The third-order valence-electron chi connectivity index (χ3n) is 5.84. The van der Waals surface area contributed by atoms with Crippen LogP contribution in [0.4, 0.5) is 11.5 Å². The highest BCUT2D eigenvalue weighted by atomic mass is 16.5. The summed E-state index contributed by atoms with van der Waals surface area (Å²) in [5, 5.41) is 2.62. The fraction of sp³-hybridized carbons (Fsp3) is 0.296. The Balaban J connectivity index is 1.66. The Morgan fingerprint density at radius 2 is 1.47 bits per heavy atom. The Kier molecular flexibility index (Phi) is 8.02. The van der Waals surface area contributed by atoms with E-state index in [0.717, 1.165) is 39.6 Å². The molecule has 9 heteroatoms. The zero-order valence-electron chi connectivity index (χ0n) is 20.6. The highest BCUT2D eigenvalue weighted by Crippen LogP contribution is 2.35. The molecule has 0 spiro atoms. The van der Waals surface area contributed by atoms with Gasteiger partial charge in [0.2, 0.25) is 0 Å². The number of rotatable bonds is 9. The van der Waals surface area contributed by atoms with Crippen molar-refractivity contribution in [1.29, 1.82) is 0 Å². The van der Waals surface area contributed by atoms with Gasteiger partial charge in [0, 0.05) is 24.2 Å². The Hall–Kier alpha value is -4.11. The molecule has 0 saturated heterocycles. The summed E-state index contributed by atoms with van der Waals surface area (Å²) in [5.74, 6) is 0.552. The van der Waals surface area contributed by atoms with Gasteiger partial charge in [-0.15, -0.1) is 0 Å². The van der Waals surface area contributed by atoms with Crippen LogP contribution < -0.4 is 19.7 Å².